The second-order valence-electron chi connectivity index (χ2n) is 12.0. The van der Waals surface area contributed by atoms with Crippen LogP contribution in [0, 0.1) is 23.7 Å². The van der Waals surface area contributed by atoms with Crippen LogP contribution in [0.25, 0.3) is 11.6 Å². The fourth-order valence-electron chi connectivity index (χ4n) is 7.10. The molecule has 2 N–H and O–H groups in total. The first-order valence-electron chi connectivity index (χ1n) is 14.9. The minimum Gasteiger partial charge on any atom is -0.507 e. The van der Waals surface area contributed by atoms with Gasteiger partial charge in [-0.1, -0.05) is 71.7 Å². The highest BCUT2D eigenvalue weighted by Crippen LogP contribution is 2.52. The highest BCUT2D eigenvalue weighted by Gasteiger charge is 2.57. The highest BCUT2D eigenvalue weighted by atomic mass is 79.9. The number of likely N-dealkylation sites (tertiary alicyclic amines) is 1. The van der Waals surface area contributed by atoms with Gasteiger partial charge in [-0.25, -0.2) is 0 Å². The van der Waals surface area contributed by atoms with Crippen molar-refractivity contribution in [2.75, 3.05) is 0 Å². The fourth-order valence-corrected chi connectivity index (χ4v) is 8.17. The Morgan fingerprint density at radius 1 is 1.12 bits per heavy atom. The third kappa shape index (κ3) is 6.05. The lowest BCUT2D eigenvalue weighted by Gasteiger charge is -2.44. The third-order valence-electron chi connectivity index (χ3n) is 9.07. The number of nitrogens with zero attached hydrogens (tertiary/aromatic N) is 1. The van der Waals surface area contributed by atoms with Crippen LogP contribution in [0.3, 0.4) is 0 Å². The summed E-state index contributed by atoms with van der Waals surface area (Å²) in [6, 6.07) is 19.3. The number of allylic oxidation sites excluding steroid dienone is 2. The molecule has 222 valence electrons. The summed E-state index contributed by atoms with van der Waals surface area (Å²) in [5.74, 6) is -0.971. The van der Waals surface area contributed by atoms with E-state index in [4.69, 9.17) is 4.65 Å². The number of aromatic hydroxyl groups is 1. The van der Waals surface area contributed by atoms with E-state index in [-0.39, 0.29) is 35.5 Å². The van der Waals surface area contributed by atoms with Crippen molar-refractivity contribution in [3.05, 3.63) is 97.7 Å². The molecule has 0 saturated carbocycles. The normalized spacial score (nSPS) is 24.2. The van der Waals surface area contributed by atoms with Crippen LogP contribution in [-0.2, 0) is 20.8 Å². The number of phenols is 1. The number of hydrogen-bond acceptors (Lipinski definition) is 6. The topological polar surface area (TPSA) is 87.1 Å². The van der Waals surface area contributed by atoms with Crippen LogP contribution < -0.4 is 0 Å². The van der Waals surface area contributed by atoms with Crippen molar-refractivity contribution in [3.63, 3.8) is 0 Å². The van der Waals surface area contributed by atoms with Crippen molar-refractivity contribution >= 4 is 57.8 Å². The molecule has 2 aliphatic heterocycles. The van der Waals surface area contributed by atoms with Gasteiger partial charge in [0.1, 0.15) is 5.75 Å². The van der Waals surface area contributed by atoms with Crippen LogP contribution in [0.5, 0.6) is 5.75 Å². The fraction of sp³-hybridized carbons (Fsp3) is 0.353. The number of thiophene rings is 1. The molecule has 0 bridgehead atoms. The van der Waals surface area contributed by atoms with Crippen LogP contribution >= 0.6 is 27.3 Å². The van der Waals surface area contributed by atoms with E-state index < -0.39 is 19.0 Å². The molecule has 3 heterocycles. The lowest BCUT2D eigenvalue weighted by molar-refractivity contribution is -0.140. The van der Waals surface area contributed by atoms with Crippen LogP contribution in [0.2, 0.25) is 6.32 Å². The number of carbonyl (C=O) groups excluding carboxylic acids is 2. The number of amides is 2. The van der Waals surface area contributed by atoms with Gasteiger partial charge in [0.05, 0.1) is 24.5 Å². The number of phenolic OH excluding ortho intramolecular Hbond substituents is 1. The van der Waals surface area contributed by atoms with Gasteiger partial charge in [-0.2, -0.15) is 0 Å². The summed E-state index contributed by atoms with van der Waals surface area (Å²) in [6.07, 6.45) is 3.69. The molecule has 3 aliphatic rings. The summed E-state index contributed by atoms with van der Waals surface area (Å²) in [4.78, 5) is 29.9. The van der Waals surface area contributed by atoms with Gasteiger partial charge in [0, 0.05) is 14.9 Å². The highest BCUT2D eigenvalue weighted by molar-refractivity contribution is 9.10. The number of benzene rings is 2. The summed E-state index contributed by atoms with van der Waals surface area (Å²) in [7, 11) is -1.02. The molecule has 4 atom stereocenters. The Morgan fingerprint density at radius 2 is 1.91 bits per heavy atom. The van der Waals surface area contributed by atoms with Crippen molar-refractivity contribution in [1.29, 1.82) is 0 Å². The monoisotopic (exact) mass is 659 g/mol. The predicted molar refractivity (Wildman–Crippen MR) is 174 cm³/mol. The number of carbonyl (C=O) groups is 2. The molecule has 0 radical (unpaired) electrons. The van der Waals surface area contributed by atoms with Gasteiger partial charge >= 0.3 is 7.12 Å². The standard InChI is InChI=1S/C34H35BBrNO5S/c1-20(2)26-17-27-32(34(40)37(33(27)39)19-25-9-6-14-43-25)28-18-35(41)42-30(31(26)28)13-10-22(21-7-4-3-5-8-21)15-23-16-24(36)11-12-29(23)38/h3-9,11-12,14-16,20,27-28,30,32,38,41H,10,13,17-19H2,1-2H3/b22-15-/t27-,28+,30-,32-/m1/s1. The first-order valence-corrected chi connectivity index (χ1v) is 16.6. The molecule has 6 rings (SSSR count). The Bertz CT molecular complexity index is 1570. The van der Waals surface area contributed by atoms with Crippen molar-refractivity contribution < 1.29 is 24.4 Å². The first kappa shape index (κ1) is 30.1. The molecular weight excluding hydrogens is 625 g/mol. The van der Waals surface area contributed by atoms with E-state index in [2.05, 4.69) is 41.9 Å². The molecule has 3 aromatic rings. The van der Waals surface area contributed by atoms with E-state index in [9.17, 15) is 19.7 Å². The Kier molecular flexibility index (Phi) is 8.78. The number of rotatable bonds is 8. The van der Waals surface area contributed by atoms with Crippen molar-refractivity contribution in [1.82, 2.24) is 4.90 Å². The van der Waals surface area contributed by atoms with Gasteiger partial charge in [-0.05, 0) is 89.8 Å². The Hall–Kier alpha value is -2.98. The molecule has 9 heteroatoms. The average molecular weight is 660 g/mol. The van der Waals surface area contributed by atoms with Crippen molar-refractivity contribution in [2.45, 2.75) is 52.1 Å². The number of fused-ring (bicyclic) bond motifs is 3. The average Bonchev–Trinajstić information content (AvgIpc) is 3.59. The van der Waals surface area contributed by atoms with Crippen molar-refractivity contribution in [2.24, 2.45) is 23.7 Å². The molecular formula is C34H35BBrNO5S. The maximum atomic E-state index is 13.9. The second-order valence-corrected chi connectivity index (χ2v) is 14.0. The molecule has 43 heavy (non-hydrogen) atoms. The Labute approximate surface area is 265 Å². The number of imide groups is 1. The maximum Gasteiger partial charge on any atom is 0.455 e. The Balaban J connectivity index is 1.32. The van der Waals surface area contributed by atoms with Gasteiger partial charge in [0.2, 0.25) is 11.8 Å². The second kappa shape index (κ2) is 12.6. The molecule has 1 aliphatic carbocycles. The van der Waals surface area contributed by atoms with Gasteiger partial charge in [-0.3, -0.25) is 14.5 Å². The van der Waals surface area contributed by atoms with Gasteiger partial charge in [0.25, 0.3) is 0 Å². The summed E-state index contributed by atoms with van der Waals surface area (Å²) in [6.45, 7) is 4.58. The van der Waals surface area contributed by atoms with Crippen LogP contribution in [0.15, 0.2) is 81.7 Å². The largest absolute Gasteiger partial charge is 0.507 e. The maximum absolute atomic E-state index is 13.9. The molecule has 1 aromatic heterocycles. The molecule has 0 spiro atoms. The predicted octanol–water partition coefficient (Wildman–Crippen LogP) is 7.19. The molecule has 0 unspecified atom stereocenters. The van der Waals surface area contributed by atoms with Crippen LogP contribution in [-0.4, -0.2) is 40.1 Å². The summed E-state index contributed by atoms with van der Waals surface area (Å²) in [5.41, 5.74) is 5.05. The summed E-state index contributed by atoms with van der Waals surface area (Å²) < 4.78 is 7.12. The quantitative estimate of drug-likeness (QED) is 0.116. The number of hydrogen-bond donors (Lipinski definition) is 2. The van der Waals surface area contributed by atoms with E-state index in [1.165, 1.54) is 10.5 Å². The lowest BCUT2D eigenvalue weighted by Crippen LogP contribution is -2.46. The SMILES string of the molecule is CC(C)C1=C2[C@@H](CC/C(=C/c3cc(Br)ccc3O)c3ccccc3)OB(O)C[C@@H]2[C@@H]2C(=O)N(Cc3cccs3)C(=O)[C@@H]2C1. The van der Waals surface area contributed by atoms with Crippen LogP contribution in [0.4, 0.5) is 0 Å². The van der Waals surface area contributed by atoms with Gasteiger partial charge in [-0.15, -0.1) is 11.3 Å². The summed E-state index contributed by atoms with van der Waals surface area (Å²) >= 11 is 5.06. The molecule has 2 fully saturated rings. The smallest absolute Gasteiger partial charge is 0.455 e. The minimum absolute atomic E-state index is 0.0961. The number of halogens is 1. The van der Waals surface area contributed by atoms with Crippen molar-refractivity contribution in [3.8, 4) is 5.75 Å². The lowest BCUT2D eigenvalue weighted by atomic mass is 9.57. The Morgan fingerprint density at radius 3 is 2.63 bits per heavy atom. The zero-order valence-corrected chi connectivity index (χ0v) is 26.7. The zero-order chi connectivity index (χ0) is 30.2. The van der Waals surface area contributed by atoms with E-state index in [0.29, 0.717) is 37.7 Å². The summed E-state index contributed by atoms with van der Waals surface area (Å²) in [5, 5.41) is 23.5. The molecule has 2 aromatic carbocycles. The third-order valence-corrected chi connectivity index (χ3v) is 10.4. The van der Waals surface area contributed by atoms with E-state index in [0.717, 1.165) is 26.1 Å². The molecule has 2 amide bonds. The van der Waals surface area contributed by atoms with Gasteiger partial charge in [0.15, 0.2) is 0 Å². The van der Waals surface area contributed by atoms with E-state index >= 15 is 0 Å². The molecule has 2 saturated heterocycles. The molecule has 6 nitrogen and oxygen atoms in total. The zero-order valence-electron chi connectivity index (χ0n) is 24.3. The first-order chi connectivity index (χ1) is 20.7. The minimum atomic E-state index is -1.02. The van der Waals surface area contributed by atoms with E-state index in [1.54, 1.807) is 23.5 Å². The van der Waals surface area contributed by atoms with E-state index in [1.807, 2.05) is 47.9 Å². The van der Waals surface area contributed by atoms with Gasteiger partial charge < -0.3 is 14.8 Å². The van der Waals surface area contributed by atoms with Crippen LogP contribution in [0.1, 0.15) is 49.1 Å².